The summed E-state index contributed by atoms with van der Waals surface area (Å²) in [5, 5.41) is 12.3. The van der Waals surface area contributed by atoms with E-state index in [9.17, 15) is 13.2 Å². The Morgan fingerprint density at radius 2 is 2.00 bits per heavy atom. The van der Waals surface area contributed by atoms with E-state index in [2.05, 4.69) is 32.0 Å². The lowest BCUT2D eigenvalue weighted by molar-refractivity contribution is -0.146. The molecule has 2 saturated heterocycles. The fourth-order valence-corrected chi connectivity index (χ4v) is 4.39. The fraction of sp³-hybridized carbons (Fsp3) is 0.550. The minimum Gasteiger partial charge on any atom is -0.377 e. The van der Waals surface area contributed by atoms with Crippen LogP contribution >= 0.6 is 0 Å². The third-order valence-electron chi connectivity index (χ3n) is 6.00. The highest BCUT2D eigenvalue weighted by molar-refractivity contribution is 5.92. The average molecular weight is 450 g/mol. The van der Waals surface area contributed by atoms with Crippen LogP contribution in [0.5, 0.6) is 0 Å². The maximum absolute atomic E-state index is 12.8. The van der Waals surface area contributed by atoms with Gasteiger partial charge in [0.1, 0.15) is 5.82 Å². The Bertz CT molecular complexity index is 1060. The summed E-state index contributed by atoms with van der Waals surface area (Å²) in [6, 6.07) is 4.00. The predicted octanol–water partition coefficient (Wildman–Crippen LogP) is 2.05. The monoisotopic (exact) mass is 450 g/mol. The number of halogens is 3. The van der Waals surface area contributed by atoms with Crippen molar-refractivity contribution in [1.82, 2.24) is 29.9 Å². The van der Waals surface area contributed by atoms with E-state index in [0.29, 0.717) is 50.9 Å². The van der Waals surface area contributed by atoms with Gasteiger partial charge in [-0.1, -0.05) is 0 Å². The molecule has 0 radical (unpaired) electrons. The summed E-state index contributed by atoms with van der Waals surface area (Å²) in [6.45, 7) is 4.87. The molecule has 3 aromatic heterocycles. The quantitative estimate of drug-likeness (QED) is 0.652. The van der Waals surface area contributed by atoms with E-state index in [1.54, 1.807) is 17.1 Å². The van der Waals surface area contributed by atoms with Crippen molar-refractivity contribution < 1.29 is 17.9 Å². The number of alkyl halides is 3. The van der Waals surface area contributed by atoms with E-state index in [4.69, 9.17) is 9.72 Å². The second-order valence-corrected chi connectivity index (χ2v) is 8.23. The second-order valence-electron chi connectivity index (χ2n) is 8.23. The van der Waals surface area contributed by atoms with E-state index in [1.807, 2.05) is 12.1 Å². The molecule has 0 aliphatic carbocycles. The normalized spacial score (nSPS) is 20.9. The zero-order chi connectivity index (χ0) is 22.3. The maximum atomic E-state index is 12.8. The van der Waals surface area contributed by atoms with Gasteiger partial charge < -0.3 is 14.5 Å². The third kappa shape index (κ3) is 4.11. The lowest BCUT2D eigenvalue weighted by Crippen LogP contribution is -2.49. The molecule has 2 aliphatic heterocycles. The van der Waals surface area contributed by atoms with Gasteiger partial charge in [0.15, 0.2) is 11.5 Å². The summed E-state index contributed by atoms with van der Waals surface area (Å²) in [4.78, 5) is 10.7. The van der Waals surface area contributed by atoms with Gasteiger partial charge in [0.05, 0.1) is 49.3 Å². The van der Waals surface area contributed by atoms with Crippen molar-refractivity contribution in [3.05, 3.63) is 24.5 Å². The number of rotatable bonds is 4. The number of anilines is 2. The van der Waals surface area contributed by atoms with E-state index in [1.165, 1.54) is 4.90 Å². The standard InChI is InChI=1S/C20H25F3N8O/c1-14-12-32-9-8-30(14)18-10-16(29-6-4-28(5-7-29)13-20(21,22)23)15-11-25-31(19(15)26-18)17-2-3-24-27-17/h2-3,10-11,14H,4-9,12-13H2,1H3,(H,24,27)/t14-/m1/s1. The van der Waals surface area contributed by atoms with Crippen LogP contribution in [0, 0.1) is 0 Å². The van der Waals surface area contributed by atoms with Crippen LogP contribution in [-0.2, 0) is 4.74 Å². The summed E-state index contributed by atoms with van der Waals surface area (Å²) >= 11 is 0. The SMILES string of the molecule is C[C@@H]1COCCN1c1cc(N2CCN(CC(F)(F)F)CC2)c2cnn(-c3ccn[nH]3)c2n1. The number of aromatic amines is 1. The summed E-state index contributed by atoms with van der Waals surface area (Å²) in [5.41, 5.74) is 1.61. The smallest absolute Gasteiger partial charge is 0.377 e. The summed E-state index contributed by atoms with van der Waals surface area (Å²) in [7, 11) is 0. The first kappa shape index (κ1) is 21.0. The largest absolute Gasteiger partial charge is 0.401 e. The van der Waals surface area contributed by atoms with Gasteiger partial charge in [-0.15, -0.1) is 0 Å². The molecule has 0 spiro atoms. The molecule has 5 rings (SSSR count). The number of hydrogen-bond acceptors (Lipinski definition) is 7. The van der Waals surface area contributed by atoms with Crippen LogP contribution in [0.4, 0.5) is 24.7 Å². The summed E-state index contributed by atoms with van der Waals surface area (Å²) < 4.78 is 45.7. The lowest BCUT2D eigenvalue weighted by Gasteiger charge is -2.38. The van der Waals surface area contributed by atoms with Crippen molar-refractivity contribution in [3.8, 4) is 5.82 Å². The molecular formula is C20H25F3N8O. The van der Waals surface area contributed by atoms with Crippen LogP contribution in [0.2, 0.25) is 0 Å². The van der Waals surface area contributed by atoms with Gasteiger partial charge in [-0.2, -0.15) is 28.1 Å². The number of H-pyrrole nitrogens is 1. The summed E-state index contributed by atoms with van der Waals surface area (Å²) in [5.74, 6) is 1.50. The Balaban J connectivity index is 1.51. The molecule has 2 aliphatic rings. The van der Waals surface area contributed by atoms with Gasteiger partial charge in [0.25, 0.3) is 0 Å². The van der Waals surface area contributed by atoms with Gasteiger partial charge in [-0.3, -0.25) is 10.00 Å². The minimum absolute atomic E-state index is 0.161. The highest BCUT2D eigenvalue weighted by Gasteiger charge is 2.33. The topological polar surface area (TPSA) is 78.3 Å². The molecule has 0 amide bonds. The highest BCUT2D eigenvalue weighted by atomic mass is 19.4. The van der Waals surface area contributed by atoms with Gasteiger partial charge in [-0.05, 0) is 6.92 Å². The first-order valence-electron chi connectivity index (χ1n) is 10.7. The first-order valence-corrected chi connectivity index (χ1v) is 10.7. The van der Waals surface area contributed by atoms with Crippen LogP contribution < -0.4 is 9.80 Å². The van der Waals surface area contributed by atoms with Crippen molar-refractivity contribution in [3.63, 3.8) is 0 Å². The molecule has 9 nitrogen and oxygen atoms in total. The van der Waals surface area contributed by atoms with Crippen LogP contribution in [0.1, 0.15) is 6.92 Å². The average Bonchev–Trinajstić information content (AvgIpc) is 3.42. The molecular weight excluding hydrogens is 425 g/mol. The van der Waals surface area contributed by atoms with E-state index >= 15 is 0 Å². The summed E-state index contributed by atoms with van der Waals surface area (Å²) in [6.07, 6.45) is -0.776. The van der Waals surface area contributed by atoms with Gasteiger partial charge >= 0.3 is 6.18 Å². The van der Waals surface area contributed by atoms with Crippen LogP contribution in [-0.4, -0.2) is 94.6 Å². The van der Waals surface area contributed by atoms with E-state index < -0.39 is 12.7 Å². The molecule has 0 saturated carbocycles. The maximum Gasteiger partial charge on any atom is 0.401 e. The third-order valence-corrected chi connectivity index (χ3v) is 6.00. The molecule has 32 heavy (non-hydrogen) atoms. The number of nitrogens with one attached hydrogen (secondary N) is 1. The molecule has 0 unspecified atom stereocenters. The molecule has 1 atom stereocenters. The minimum atomic E-state index is -4.18. The van der Waals surface area contributed by atoms with E-state index in [0.717, 1.165) is 23.4 Å². The highest BCUT2D eigenvalue weighted by Crippen LogP contribution is 2.33. The molecule has 3 aromatic rings. The number of aromatic nitrogens is 5. The number of hydrogen-bond donors (Lipinski definition) is 1. The van der Waals surface area contributed by atoms with E-state index in [-0.39, 0.29) is 6.04 Å². The molecule has 2 fully saturated rings. The molecule has 0 aromatic carbocycles. The Morgan fingerprint density at radius 3 is 2.69 bits per heavy atom. The molecule has 1 N–H and O–H groups in total. The Labute approximate surface area is 182 Å². The zero-order valence-corrected chi connectivity index (χ0v) is 17.7. The Kier molecular flexibility index (Phi) is 5.41. The van der Waals surface area contributed by atoms with Gasteiger partial charge in [0.2, 0.25) is 0 Å². The first-order chi connectivity index (χ1) is 15.4. The number of fused-ring (bicyclic) bond motifs is 1. The lowest BCUT2D eigenvalue weighted by atomic mass is 10.2. The Hall–Kier alpha value is -2.86. The van der Waals surface area contributed by atoms with Crippen molar-refractivity contribution in [2.24, 2.45) is 0 Å². The molecule has 5 heterocycles. The molecule has 172 valence electrons. The van der Waals surface area contributed by atoms with Gasteiger partial charge in [-0.25, -0.2) is 4.98 Å². The number of morpholine rings is 1. The molecule has 0 bridgehead atoms. The number of piperazine rings is 1. The van der Waals surface area contributed by atoms with Crippen LogP contribution in [0.15, 0.2) is 24.5 Å². The number of pyridine rings is 1. The molecule has 12 heteroatoms. The van der Waals surface area contributed by atoms with Crippen molar-refractivity contribution in [1.29, 1.82) is 0 Å². The number of nitrogens with zero attached hydrogens (tertiary/aromatic N) is 7. The van der Waals surface area contributed by atoms with Gasteiger partial charge in [0, 0.05) is 44.9 Å². The fourth-order valence-electron chi connectivity index (χ4n) is 4.39. The van der Waals surface area contributed by atoms with Crippen LogP contribution in [0.25, 0.3) is 16.9 Å². The van der Waals surface area contributed by atoms with Crippen molar-refractivity contribution in [2.75, 3.05) is 62.3 Å². The van der Waals surface area contributed by atoms with Crippen molar-refractivity contribution >= 4 is 22.5 Å². The second kappa shape index (κ2) is 8.24. The number of ether oxygens (including phenoxy) is 1. The predicted molar refractivity (Wildman–Crippen MR) is 113 cm³/mol. The van der Waals surface area contributed by atoms with Crippen molar-refractivity contribution in [2.45, 2.75) is 19.1 Å². The zero-order valence-electron chi connectivity index (χ0n) is 17.7. The Morgan fingerprint density at radius 1 is 1.19 bits per heavy atom. The van der Waals surface area contributed by atoms with Crippen LogP contribution in [0.3, 0.4) is 0 Å².